The van der Waals surface area contributed by atoms with Crippen molar-refractivity contribution < 1.29 is 9.90 Å². The monoisotopic (exact) mass is 289 g/mol. The van der Waals surface area contributed by atoms with Crippen LogP contribution in [0.4, 0.5) is 11.4 Å². The predicted molar refractivity (Wildman–Crippen MR) is 79.8 cm³/mol. The van der Waals surface area contributed by atoms with Crippen LogP contribution < -0.4 is 11.1 Å². The molecule has 0 saturated carbocycles. The minimum absolute atomic E-state index is 0.109. The van der Waals surface area contributed by atoms with Gasteiger partial charge in [0.1, 0.15) is 5.75 Å². The van der Waals surface area contributed by atoms with Gasteiger partial charge in [0.15, 0.2) is 0 Å². The molecule has 5 nitrogen and oxygen atoms in total. The van der Waals surface area contributed by atoms with Crippen molar-refractivity contribution in [3.05, 3.63) is 52.5 Å². The minimum Gasteiger partial charge on any atom is -0.506 e. The van der Waals surface area contributed by atoms with E-state index in [2.05, 4.69) is 5.32 Å². The standard InChI is InChI=1S/C14H12ClN3O2/c15-11-3-2-10(6-13(11)19)18-14(20)8-1-4-12(17)9(5-8)7-16/h1-7,16,19H,17H2,(H,18,20). The Morgan fingerprint density at radius 3 is 2.70 bits per heavy atom. The van der Waals surface area contributed by atoms with E-state index in [0.29, 0.717) is 22.5 Å². The molecule has 0 saturated heterocycles. The van der Waals surface area contributed by atoms with Crippen LogP contribution in [0.2, 0.25) is 5.02 Å². The smallest absolute Gasteiger partial charge is 0.255 e. The molecule has 5 N–H and O–H groups in total. The fourth-order valence-corrected chi connectivity index (χ4v) is 1.75. The number of benzene rings is 2. The van der Waals surface area contributed by atoms with Crippen molar-refractivity contribution in [1.29, 1.82) is 5.41 Å². The van der Waals surface area contributed by atoms with Crippen LogP contribution in [0.25, 0.3) is 0 Å². The van der Waals surface area contributed by atoms with Crippen molar-refractivity contribution in [3.63, 3.8) is 0 Å². The molecule has 0 radical (unpaired) electrons. The van der Waals surface area contributed by atoms with Gasteiger partial charge in [0.2, 0.25) is 0 Å². The molecule has 6 heteroatoms. The Labute approximate surface area is 120 Å². The lowest BCUT2D eigenvalue weighted by atomic mass is 10.1. The number of carbonyl (C=O) groups excluding carboxylic acids is 1. The Bertz CT molecular complexity index is 686. The van der Waals surface area contributed by atoms with Crippen LogP contribution in [0.5, 0.6) is 5.75 Å². The molecule has 1 amide bonds. The van der Waals surface area contributed by atoms with Gasteiger partial charge < -0.3 is 21.6 Å². The van der Waals surface area contributed by atoms with Crippen LogP contribution in [0, 0.1) is 5.41 Å². The van der Waals surface area contributed by atoms with Gasteiger partial charge in [0.05, 0.1) is 5.02 Å². The van der Waals surface area contributed by atoms with Crippen molar-refractivity contribution in [2.75, 3.05) is 11.1 Å². The van der Waals surface area contributed by atoms with Gasteiger partial charge in [-0.05, 0) is 30.3 Å². The number of carbonyl (C=O) groups is 1. The number of halogens is 1. The van der Waals surface area contributed by atoms with E-state index < -0.39 is 0 Å². The zero-order valence-electron chi connectivity index (χ0n) is 10.4. The van der Waals surface area contributed by atoms with E-state index >= 15 is 0 Å². The third-order valence-corrected chi connectivity index (χ3v) is 3.03. The molecule has 0 unspecified atom stereocenters. The minimum atomic E-state index is -0.366. The number of nitrogens with one attached hydrogen (secondary N) is 2. The summed E-state index contributed by atoms with van der Waals surface area (Å²) in [6, 6.07) is 9.07. The number of nitrogen functional groups attached to an aromatic ring is 1. The molecule has 2 aromatic rings. The van der Waals surface area contributed by atoms with Crippen molar-refractivity contribution in [2.45, 2.75) is 0 Å². The average molecular weight is 290 g/mol. The summed E-state index contributed by atoms with van der Waals surface area (Å²) in [5.74, 6) is -0.475. The zero-order chi connectivity index (χ0) is 14.7. The molecule has 2 rings (SSSR count). The van der Waals surface area contributed by atoms with Gasteiger partial charge in [0, 0.05) is 34.8 Å². The summed E-state index contributed by atoms with van der Waals surface area (Å²) in [6.07, 6.45) is 1.08. The summed E-state index contributed by atoms with van der Waals surface area (Å²) in [4.78, 5) is 12.0. The van der Waals surface area contributed by atoms with Gasteiger partial charge in [0.25, 0.3) is 5.91 Å². The number of phenolic OH excluding ortho intramolecular Hbond substituents is 1. The molecular formula is C14H12ClN3O2. The Balaban J connectivity index is 2.23. The SMILES string of the molecule is N=Cc1cc(C(=O)Nc2ccc(Cl)c(O)c2)ccc1N. The van der Waals surface area contributed by atoms with E-state index in [1.165, 1.54) is 18.2 Å². The summed E-state index contributed by atoms with van der Waals surface area (Å²) >= 11 is 5.69. The number of rotatable bonds is 3. The van der Waals surface area contributed by atoms with Crippen molar-refractivity contribution in [3.8, 4) is 5.75 Å². The molecule has 0 spiro atoms. The fourth-order valence-electron chi connectivity index (χ4n) is 1.63. The lowest BCUT2D eigenvalue weighted by Gasteiger charge is -2.08. The molecule has 20 heavy (non-hydrogen) atoms. The van der Waals surface area contributed by atoms with Crippen LogP contribution in [0.3, 0.4) is 0 Å². The van der Waals surface area contributed by atoms with Crippen LogP contribution in [0.15, 0.2) is 36.4 Å². The molecule has 0 aromatic heterocycles. The summed E-state index contributed by atoms with van der Waals surface area (Å²) < 4.78 is 0. The lowest BCUT2D eigenvalue weighted by molar-refractivity contribution is 0.102. The van der Waals surface area contributed by atoms with E-state index in [4.69, 9.17) is 22.7 Å². The maximum absolute atomic E-state index is 12.0. The van der Waals surface area contributed by atoms with Gasteiger partial charge in [-0.3, -0.25) is 4.79 Å². The van der Waals surface area contributed by atoms with E-state index in [-0.39, 0.29) is 16.7 Å². The first-order valence-electron chi connectivity index (χ1n) is 5.71. The normalized spacial score (nSPS) is 10.1. The largest absolute Gasteiger partial charge is 0.506 e. The third-order valence-electron chi connectivity index (χ3n) is 2.71. The number of nitrogens with two attached hydrogens (primary N) is 1. The van der Waals surface area contributed by atoms with Gasteiger partial charge >= 0.3 is 0 Å². The van der Waals surface area contributed by atoms with Crippen LogP contribution in [-0.2, 0) is 0 Å². The highest BCUT2D eigenvalue weighted by atomic mass is 35.5. The second-order valence-electron chi connectivity index (χ2n) is 4.11. The average Bonchev–Trinajstić information content (AvgIpc) is 2.43. The molecule has 2 aromatic carbocycles. The van der Waals surface area contributed by atoms with Crippen molar-refractivity contribution in [2.24, 2.45) is 0 Å². The highest BCUT2D eigenvalue weighted by molar-refractivity contribution is 6.32. The van der Waals surface area contributed by atoms with Gasteiger partial charge in [-0.1, -0.05) is 11.6 Å². The summed E-state index contributed by atoms with van der Waals surface area (Å²) in [6.45, 7) is 0. The molecule has 0 aliphatic heterocycles. The van der Waals surface area contributed by atoms with Gasteiger partial charge in [-0.25, -0.2) is 0 Å². The maximum Gasteiger partial charge on any atom is 0.255 e. The molecule has 0 heterocycles. The van der Waals surface area contributed by atoms with Gasteiger partial charge in [-0.15, -0.1) is 0 Å². The van der Waals surface area contributed by atoms with E-state index in [1.807, 2.05) is 0 Å². The van der Waals surface area contributed by atoms with Crippen LogP contribution >= 0.6 is 11.6 Å². The van der Waals surface area contributed by atoms with E-state index in [0.717, 1.165) is 6.21 Å². The molecular weight excluding hydrogens is 278 g/mol. The van der Waals surface area contributed by atoms with Crippen molar-refractivity contribution >= 4 is 35.1 Å². The van der Waals surface area contributed by atoms with Crippen molar-refractivity contribution in [1.82, 2.24) is 0 Å². The van der Waals surface area contributed by atoms with E-state index in [9.17, 15) is 9.90 Å². The first-order chi connectivity index (χ1) is 9.51. The highest BCUT2D eigenvalue weighted by Gasteiger charge is 2.09. The number of hydrogen-bond acceptors (Lipinski definition) is 4. The first-order valence-corrected chi connectivity index (χ1v) is 6.09. The third kappa shape index (κ3) is 2.89. The molecule has 102 valence electrons. The Hall–Kier alpha value is -2.53. The molecule has 0 aliphatic rings. The summed E-state index contributed by atoms with van der Waals surface area (Å²) in [7, 11) is 0. The first kappa shape index (κ1) is 13.9. The number of phenols is 1. The summed E-state index contributed by atoms with van der Waals surface area (Å²) in [5.41, 5.74) is 7.35. The second kappa shape index (κ2) is 5.63. The predicted octanol–water partition coefficient (Wildman–Crippen LogP) is 2.88. The fraction of sp³-hybridized carbons (Fsp3) is 0. The topological polar surface area (TPSA) is 99.2 Å². The molecule has 0 atom stereocenters. The molecule has 0 bridgehead atoms. The number of anilines is 2. The van der Waals surface area contributed by atoms with Crippen LogP contribution in [-0.4, -0.2) is 17.2 Å². The molecule has 0 aliphatic carbocycles. The van der Waals surface area contributed by atoms with E-state index in [1.54, 1.807) is 18.2 Å². The number of amides is 1. The zero-order valence-corrected chi connectivity index (χ0v) is 11.1. The Morgan fingerprint density at radius 2 is 2.05 bits per heavy atom. The summed E-state index contributed by atoms with van der Waals surface area (Å²) in [5, 5.41) is 19.5. The molecule has 0 fully saturated rings. The number of hydrogen-bond donors (Lipinski definition) is 4. The van der Waals surface area contributed by atoms with Crippen LogP contribution in [0.1, 0.15) is 15.9 Å². The maximum atomic E-state index is 12.0. The quantitative estimate of drug-likeness (QED) is 0.516. The number of aromatic hydroxyl groups is 1. The second-order valence-corrected chi connectivity index (χ2v) is 4.52. The lowest BCUT2D eigenvalue weighted by Crippen LogP contribution is -2.12. The Kier molecular flexibility index (Phi) is 3.91. The Morgan fingerprint density at radius 1 is 1.30 bits per heavy atom. The highest BCUT2D eigenvalue weighted by Crippen LogP contribution is 2.26. The van der Waals surface area contributed by atoms with Gasteiger partial charge in [-0.2, -0.15) is 0 Å².